The van der Waals surface area contributed by atoms with Gasteiger partial charge in [0.25, 0.3) is 5.69 Å². The molecule has 0 N–H and O–H groups in total. The van der Waals surface area contributed by atoms with Crippen molar-refractivity contribution in [1.29, 1.82) is 0 Å². The maximum Gasteiger partial charge on any atom is 0.269 e. The van der Waals surface area contributed by atoms with Gasteiger partial charge in [-0.1, -0.05) is 48.5 Å². The van der Waals surface area contributed by atoms with Crippen molar-refractivity contribution in [2.75, 3.05) is 0 Å². The number of nitro groups is 1. The summed E-state index contributed by atoms with van der Waals surface area (Å²) in [5.74, 6) is 0.672. The Hall–Kier alpha value is -2.16. The van der Waals surface area contributed by atoms with Crippen molar-refractivity contribution in [1.82, 2.24) is 0 Å². The van der Waals surface area contributed by atoms with E-state index in [9.17, 15) is 10.1 Å². The second kappa shape index (κ2) is 5.96. The summed E-state index contributed by atoms with van der Waals surface area (Å²) in [5, 5.41) is 10.3. The molecule has 0 bridgehead atoms. The summed E-state index contributed by atoms with van der Waals surface area (Å²) in [5.41, 5.74) is 1.42. The largest absolute Gasteiger partial charge is 0.269 e. The quantitative estimate of drug-likeness (QED) is 0.585. The number of hydrogen-bond acceptors (Lipinski definition) is 2. The Morgan fingerprint density at radius 2 is 1.33 bits per heavy atom. The zero-order valence-corrected chi connectivity index (χ0v) is 10.0. The van der Waals surface area contributed by atoms with Gasteiger partial charge in [0, 0.05) is 12.1 Å². The van der Waals surface area contributed by atoms with Crippen LogP contribution in [-0.2, 0) is 0 Å². The van der Waals surface area contributed by atoms with Crippen molar-refractivity contribution in [3.63, 3.8) is 0 Å². The van der Waals surface area contributed by atoms with E-state index in [1.807, 2.05) is 48.5 Å². The molecule has 3 rings (SSSR count). The first-order chi connectivity index (χ1) is 8.77. The monoisotopic (exact) mass is 241 g/mol. The molecule has 2 aromatic rings. The van der Waals surface area contributed by atoms with Crippen LogP contribution in [0.5, 0.6) is 0 Å². The van der Waals surface area contributed by atoms with Gasteiger partial charge in [-0.2, -0.15) is 0 Å². The van der Waals surface area contributed by atoms with Crippen molar-refractivity contribution < 1.29 is 4.92 Å². The molecule has 0 saturated heterocycles. The number of non-ortho nitro benzene ring substituents is 1. The van der Waals surface area contributed by atoms with E-state index >= 15 is 0 Å². The highest BCUT2D eigenvalue weighted by Crippen LogP contribution is 2.40. The van der Waals surface area contributed by atoms with Crippen LogP contribution in [0.1, 0.15) is 24.3 Å². The molecule has 1 aliphatic rings. The van der Waals surface area contributed by atoms with Gasteiger partial charge in [0.1, 0.15) is 0 Å². The van der Waals surface area contributed by atoms with Crippen molar-refractivity contribution in [3.8, 4) is 0 Å². The van der Waals surface area contributed by atoms with Gasteiger partial charge in [-0.3, -0.25) is 10.1 Å². The van der Waals surface area contributed by atoms with Crippen LogP contribution in [0.2, 0.25) is 0 Å². The minimum atomic E-state index is -0.364. The van der Waals surface area contributed by atoms with Crippen LogP contribution in [0.15, 0.2) is 60.7 Å². The number of nitro benzene ring substituents is 1. The van der Waals surface area contributed by atoms with E-state index in [4.69, 9.17) is 0 Å². The summed E-state index contributed by atoms with van der Waals surface area (Å²) in [4.78, 5) is 9.94. The molecule has 0 unspecified atom stereocenters. The fraction of sp³-hybridized carbons (Fsp3) is 0.200. The molecule has 0 radical (unpaired) electrons. The maximum atomic E-state index is 10.3. The summed E-state index contributed by atoms with van der Waals surface area (Å²) >= 11 is 0. The van der Waals surface area contributed by atoms with Gasteiger partial charge in [0.05, 0.1) is 4.92 Å². The van der Waals surface area contributed by atoms with Gasteiger partial charge in [0.15, 0.2) is 0 Å². The van der Waals surface area contributed by atoms with E-state index in [0.717, 1.165) is 0 Å². The average Bonchev–Trinajstić information content (AvgIpc) is 3.26. The molecule has 2 aromatic carbocycles. The molecule has 1 fully saturated rings. The predicted molar refractivity (Wildman–Crippen MR) is 71.5 cm³/mol. The molecular weight excluding hydrogens is 226 g/mol. The highest BCUT2D eigenvalue weighted by molar-refractivity contribution is 5.35. The van der Waals surface area contributed by atoms with Gasteiger partial charge in [-0.15, -0.1) is 0 Å². The van der Waals surface area contributed by atoms with Gasteiger partial charge in [-0.05, 0) is 24.3 Å². The van der Waals surface area contributed by atoms with Crippen LogP contribution in [0.4, 0.5) is 5.69 Å². The minimum absolute atomic E-state index is 0.180. The number of nitrogens with zero attached hydrogens (tertiary/aromatic N) is 1. The Bertz CT molecular complexity index is 463. The molecule has 0 aliphatic heterocycles. The standard InChI is InChI=1S/C9H9NO2.C6H6/c11-10(12)9-5-3-8(4-6-9)7-1-2-7;1-2-4-6-5-3-1/h3-7H,1-2H2;1-6H. The third-order valence-corrected chi connectivity index (χ3v) is 2.82. The minimum Gasteiger partial charge on any atom is -0.258 e. The molecule has 0 heterocycles. The van der Waals surface area contributed by atoms with Crippen molar-refractivity contribution in [3.05, 3.63) is 76.3 Å². The molecule has 1 aliphatic carbocycles. The smallest absolute Gasteiger partial charge is 0.258 e. The van der Waals surface area contributed by atoms with Crippen LogP contribution < -0.4 is 0 Å². The Morgan fingerprint density at radius 1 is 0.889 bits per heavy atom. The Kier molecular flexibility index (Phi) is 4.07. The lowest BCUT2D eigenvalue weighted by Gasteiger charge is -1.95. The van der Waals surface area contributed by atoms with Gasteiger partial charge >= 0.3 is 0 Å². The van der Waals surface area contributed by atoms with Crippen molar-refractivity contribution in [2.45, 2.75) is 18.8 Å². The number of rotatable bonds is 2. The lowest BCUT2D eigenvalue weighted by atomic mass is 10.1. The van der Waals surface area contributed by atoms with Gasteiger partial charge in [0.2, 0.25) is 0 Å². The first-order valence-electron chi connectivity index (χ1n) is 6.02. The second-order valence-electron chi connectivity index (χ2n) is 4.28. The molecule has 0 atom stereocenters. The van der Waals surface area contributed by atoms with Crippen LogP contribution in [0, 0.1) is 10.1 Å². The zero-order chi connectivity index (χ0) is 12.8. The number of benzene rings is 2. The van der Waals surface area contributed by atoms with E-state index in [-0.39, 0.29) is 10.6 Å². The first-order valence-corrected chi connectivity index (χ1v) is 6.02. The summed E-state index contributed by atoms with van der Waals surface area (Å²) in [6.07, 6.45) is 2.47. The first kappa shape index (κ1) is 12.3. The molecular formula is C15H15NO2. The number of hydrogen-bond donors (Lipinski definition) is 0. The maximum absolute atomic E-state index is 10.3. The normalized spacial score (nSPS) is 13.3. The van der Waals surface area contributed by atoms with Crippen molar-refractivity contribution >= 4 is 5.69 Å². The molecule has 18 heavy (non-hydrogen) atoms. The fourth-order valence-electron chi connectivity index (χ4n) is 1.67. The lowest BCUT2D eigenvalue weighted by molar-refractivity contribution is -0.384. The molecule has 92 valence electrons. The SMILES string of the molecule is O=[N+]([O-])c1ccc(C2CC2)cc1.c1ccccc1. The zero-order valence-electron chi connectivity index (χ0n) is 10.0. The summed E-state index contributed by atoms with van der Waals surface area (Å²) in [6.45, 7) is 0. The van der Waals surface area contributed by atoms with Crippen LogP contribution in [0.25, 0.3) is 0 Å². The predicted octanol–water partition coefficient (Wildman–Crippen LogP) is 4.16. The third kappa shape index (κ3) is 3.70. The lowest BCUT2D eigenvalue weighted by Crippen LogP contribution is -1.87. The highest BCUT2D eigenvalue weighted by atomic mass is 16.6. The van der Waals surface area contributed by atoms with Gasteiger partial charge < -0.3 is 0 Å². The van der Waals surface area contributed by atoms with Crippen LogP contribution >= 0.6 is 0 Å². The Labute approximate surface area is 106 Å². The average molecular weight is 241 g/mol. The summed E-state index contributed by atoms with van der Waals surface area (Å²) in [7, 11) is 0. The van der Waals surface area contributed by atoms with E-state index in [1.165, 1.54) is 18.4 Å². The molecule has 1 saturated carbocycles. The summed E-state index contributed by atoms with van der Waals surface area (Å²) in [6, 6.07) is 18.9. The van der Waals surface area contributed by atoms with E-state index in [1.54, 1.807) is 12.1 Å². The third-order valence-electron chi connectivity index (χ3n) is 2.82. The highest BCUT2D eigenvalue weighted by Gasteiger charge is 2.23. The Morgan fingerprint density at radius 3 is 1.67 bits per heavy atom. The van der Waals surface area contributed by atoms with Gasteiger partial charge in [-0.25, -0.2) is 0 Å². The van der Waals surface area contributed by atoms with E-state index < -0.39 is 0 Å². The van der Waals surface area contributed by atoms with Crippen LogP contribution in [-0.4, -0.2) is 4.92 Å². The molecule has 0 spiro atoms. The molecule has 3 heteroatoms. The van der Waals surface area contributed by atoms with E-state index in [2.05, 4.69) is 0 Å². The second-order valence-corrected chi connectivity index (χ2v) is 4.28. The molecule has 0 amide bonds. The molecule has 3 nitrogen and oxygen atoms in total. The van der Waals surface area contributed by atoms with Crippen LogP contribution in [0.3, 0.4) is 0 Å². The summed E-state index contributed by atoms with van der Waals surface area (Å²) < 4.78 is 0. The fourth-order valence-corrected chi connectivity index (χ4v) is 1.67. The topological polar surface area (TPSA) is 43.1 Å². The van der Waals surface area contributed by atoms with Crippen molar-refractivity contribution in [2.24, 2.45) is 0 Å². The van der Waals surface area contributed by atoms with E-state index in [0.29, 0.717) is 5.92 Å². The Balaban J connectivity index is 0.000000169. The molecule has 0 aromatic heterocycles.